The predicted octanol–water partition coefficient (Wildman–Crippen LogP) is 3.83. The van der Waals surface area contributed by atoms with Gasteiger partial charge in [0.1, 0.15) is 6.10 Å². The minimum atomic E-state index is -4.64. The van der Waals surface area contributed by atoms with Crippen LogP contribution in [0.2, 0.25) is 0 Å². The Hall–Kier alpha value is -0.720. The van der Waals surface area contributed by atoms with Crippen LogP contribution in [0.15, 0.2) is 12.2 Å². The number of unbranched alkanes of at least 4 members (excludes halogenated alkanes) is 7. The van der Waals surface area contributed by atoms with E-state index in [4.69, 9.17) is 20.3 Å². The summed E-state index contributed by atoms with van der Waals surface area (Å²) < 4.78 is 21.1. The highest BCUT2D eigenvalue weighted by atomic mass is 31.2. The van der Waals surface area contributed by atoms with Crippen LogP contribution < -0.4 is 5.73 Å². The molecule has 0 aromatic rings. The van der Waals surface area contributed by atoms with E-state index in [1.807, 2.05) is 0 Å². The maximum atomic E-state index is 11.8. The molecule has 0 aliphatic carbocycles. The third-order valence-electron chi connectivity index (χ3n) is 4.08. The maximum Gasteiger partial charge on any atom is 0.469 e. The van der Waals surface area contributed by atoms with E-state index >= 15 is 0 Å². The van der Waals surface area contributed by atoms with Gasteiger partial charge in [0.2, 0.25) is 0 Å². The molecule has 0 rings (SSSR count). The molecule has 0 bridgehead atoms. The van der Waals surface area contributed by atoms with E-state index in [2.05, 4.69) is 18.0 Å². The SMILES string of the molecule is C=C(C)C(=O)OC(CCCCCCCCCC)CC(CN)OP(=O)(O)O. The van der Waals surface area contributed by atoms with Crippen molar-refractivity contribution in [2.45, 2.75) is 90.3 Å². The Balaban J connectivity index is 4.40. The van der Waals surface area contributed by atoms with Crippen molar-refractivity contribution >= 4 is 13.8 Å². The standard InChI is InChI=1S/C18H36NO6P/c1-4-5-6-7-8-9-10-11-12-16(24-18(20)15(2)3)13-17(14-19)25-26(21,22)23/h16-17H,2,4-14,19H2,1,3H3,(H2,21,22,23). The number of hydrogen-bond donors (Lipinski definition) is 3. The monoisotopic (exact) mass is 393 g/mol. The normalized spacial score (nSPS) is 14.0. The van der Waals surface area contributed by atoms with Gasteiger partial charge in [-0.1, -0.05) is 58.4 Å². The summed E-state index contributed by atoms with van der Waals surface area (Å²) in [5.74, 6) is -0.512. The van der Waals surface area contributed by atoms with Gasteiger partial charge in [-0.3, -0.25) is 4.52 Å². The molecule has 0 saturated carbocycles. The van der Waals surface area contributed by atoms with Crippen LogP contribution in [0.4, 0.5) is 0 Å². The van der Waals surface area contributed by atoms with Gasteiger partial charge in [-0.05, 0) is 19.8 Å². The highest BCUT2D eigenvalue weighted by Crippen LogP contribution is 2.38. The van der Waals surface area contributed by atoms with Crippen LogP contribution in [-0.4, -0.2) is 34.5 Å². The summed E-state index contributed by atoms with van der Waals surface area (Å²) in [6.45, 7) is 7.24. The molecule has 2 atom stereocenters. The number of esters is 1. The molecular formula is C18H36NO6P. The van der Waals surface area contributed by atoms with Crippen molar-refractivity contribution < 1.29 is 28.4 Å². The number of carbonyl (C=O) groups excluding carboxylic acids is 1. The highest BCUT2D eigenvalue weighted by Gasteiger charge is 2.26. The van der Waals surface area contributed by atoms with Crippen LogP contribution in [0, 0.1) is 0 Å². The number of phosphoric ester groups is 1. The highest BCUT2D eigenvalue weighted by molar-refractivity contribution is 7.46. The molecule has 2 unspecified atom stereocenters. The van der Waals surface area contributed by atoms with Gasteiger partial charge < -0.3 is 20.3 Å². The van der Waals surface area contributed by atoms with Crippen molar-refractivity contribution in [3.05, 3.63) is 12.2 Å². The number of carbonyl (C=O) groups is 1. The summed E-state index contributed by atoms with van der Waals surface area (Å²) in [6, 6.07) is 0. The summed E-state index contributed by atoms with van der Waals surface area (Å²) in [7, 11) is -4.64. The fourth-order valence-electron chi connectivity index (χ4n) is 2.65. The Morgan fingerprint density at radius 2 is 1.62 bits per heavy atom. The summed E-state index contributed by atoms with van der Waals surface area (Å²) >= 11 is 0. The Bertz CT molecular complexity index is 451. The third kappa shape index (κ3) is 14.4. The van der Waals surface area contributed by atoms with E-state index in [-0.39, 0.29) is 18.5 Å². The first-order valence-corrected chi connectivity index (χ1v) is 11.0. The number of rotatable bonds is 16. The van der Waals surface area contributed by atoms with Crippen LogP contribution in [0.25, 0.3) is 0 Å². The molecule has 8 heteroatoms. The molecule has 26 heavy (non-hydrogen) atoms. The number of nitrogens with two attached hydrogens (primary N) is 1. The van der Waals surface area contributed by atoms with Crippen molar-refractivity contribution in [1.29, 1.82) is 0 Å². The Morgan fingerprint density at radius 3 is 2.08 bits per heavy atom. The third-order valence-corrected chi connectivity index (χ3v) is 4.65. The first-order valence-electron chi connectivity index (χ1n) is 9.50. The smallest absolute Gasteiger partial charge is 0.459 e. The van der Waals surface area contributed by atoms with E-state index in [0.29, 0.717) is 6.42 Å². The molecule has 7 nitrogen and oxygen atoms in total. The molecule has 0 spiro atoms. The van der Waals surface area contributed by atoms with Crippen molar-refractivity contribution in [3.8, 4) is 0 Å². The van der Waals surface area contributed by atoms with Crippen LogP contribution in [0.5, 0.6) is 0 Å². The zero-order valence-electron chi connectivity index (χ0n) is 16.2. The first-order chi connectivity index (χ1) is 12.2. The summed E-state index contributed by atoms with van der Waals surface area (Å²) in [6.07, 6.45) is 8.63. The van der Waals surface area contributed by atoms with Gasteiger partial charge >= 0.3 is 13.8 Å². The van der Waals surface area contributed by atoms with Crippen molar-refractivity contribution in [2.75, 3.05) is 6.54 Å². The quantitative estimate of drug-likeness (QED) is 0.158. The lowest BCUT2D eigenvalue weighted by Crippen LogP contribution is -2.30. The van der Waals surface area contributed by atoms with E-state index in [1.54, 1.807) is 6.92 Å². The van der Waals surface area contributed by atoms with Gasteiger partial charge in [-0.25, -0.2) is 9.36 Å². The van der Waals surface area contributed by atoms with Gasteiger partial charge in [0.15, 0.2) is 0 Å². The molecule has 0 radical (unpaired) electrons. The zero-order valence-corrected chi connectivity index (χ0v) is 17.1. The Labute approximate surface area is 157 Å². The van der Waals surface area contributed by atoms with E-state index in [1.165, 1.54) is 32.1 Å². The topological polar surface area (TPSA) is 119 Å². The average molecular weight is 393 g/mol. The predicted molar refractivity (Wildman–Crippen MR) is 103 cm³/mol. The fourth-order valence-corrected chi connectivity index (χ4v) is 3.21. The lowest BCUT2D eigenvalue weighted by atomic mass is 10.0. The second-order valence-corrected chi connectivity index (χ2v) is 7.95. The minimum Gasteiger partial charge on any atom is -0.459 e. The molecule has 0 fully saturated rings. The van der Waals surface area contributed by atoms with Crippen LogP contribution in [-0.2, 0) is 18.6 Å². The van der Waals surface area contributed by atoms with Gasteiger partial charge in [0.05, 0.1) is 6.10 Å². The summed E-state index contributed by atoms with van der Waals surface area (Å²) in [5, 5.41) is 0. The zero-order chi connectivity index (χ0) is 20.0. The van der Waals surface area contributed by atoms with Crippen LogP contribution >= 0.6 is 7.82 Å². The lowest BCUT2D eigenvalue weighted by molar-refractivity contribution is -0.145. The van der Waals surface area contributed by atoms with Gasteiger partial charge in [0, 0.05) is 18.5 Å². The van der Waals surface area contributed by atoms with Gasteiger partial charge in [-0.15, -0.1) is 0 Å². The van der Waals surface area contributed by atoms with E-state index < -0.39 is 26.0 Å². The largest absolute Gasteiger partial charge is 0.469 e. The van der Waals surface area contributed by atoms with E-state index in [9.17, 15) is 9.36 Å². The Kier molecular flexibility index (Phi) is 14.0. The van der Waals surface area contributed by atoms with Gasteiger partial charge in [-0.2, -0.15) is 0 Å². The molecule has 0 heterocycles. The van der Waals surface area contributed by atoms with Crippen molar-refractivity contribution in [3.63, 3.8) is 0 Å². The van der Waals surface area contributed by atoms with Gasteiger partial charge in [0.25, 0.3) is 0 Å². The molecular weight excluding hydrogens is 357 g/mol. The second kappa shape index (κ2) is 14.4. The number of ether oxygens (including phenoxy) is 1. The molecule has 4 N–H and O–H groups in total. The van der Waals surface area contributed by atoms with Crippen molar-refractivity contribution in [2.24, 2.45) is 5.73 Å². The maximum absolute atomic E-state index is 11.8. The summed E-state index contributed by atoms with van der Waals surface area (Å²) in [4.78, 5) is 29.7. The molecule has 0 aliphatic heterocycles. The average Bonchev–Trinajstić information content (AvgIpc) is 2.54. The van der Waals surface area contributed by atoms with Crippen LogP contribution in [0.3, 0.4) is 0 Å². The number of phosphoric acid groups is 1. The minimum absolute atomic E-state index is 0.0658. The van der Waals surface area contributed by atoms with Crippen LogP contribution in [0.1, 0.15) is 78.1 Å². The molecule has 0 aromatic carbocycles. The van der Waals surface area contributed by atoms with E-state index in [0.717, 1.165) is 19.3 Å². The molecule has 0 saturated heterocycles. The molecule has 0 aliphatic rings. The Morgan fingerprint density at radius 1 is 1.08 bits per heavy atom. The molecule has 0 amide bonds. The first kappa shape index (κ1) is 25.3. The van der Waals surface area contributed by atoms with Crippen molar-refractivity contribution in [1.82, 2.24) is 0 Å². The molecule has 154 valence electrons. The summed E-state index contributed by atoms with van der Waals surface area (Å²) in [5.41, 5.74) is 5.81. The number of hydrogen-bond acceptors (Lipinski definition) is 5. The fraction of sp³-hybridized carbons (Fsp3) is 0.833. The lowest BCUT2D eigenvalue weighted by Gasteiger charge is -2.23. The second-order valence-electron chi connectivity index (χ2n) is 6.76. The molecule has 0 aromatic heterocycles.